The molecule has 2 nitrogen and oxygen atoms in total. The molecule has 1 heterocycles. The van der Waals surface area contributed by atoms with Gasteiger partial charge in [0.25, 0.3) is 0 Å². The number of piperidine rings is 1. The molecule has 2 aromatic carbocycles. The maximum Gasteiger partial charge on any atom is 0.0917 e. The zero-order valence-corrected chi connectivity index (χ0v) is 13.0. The Bertz CT molecular complexity index is 610. The first-order chi connectivity index (χ1) is 10.0. The average Bonchev–Trinajstić information content (AvgIpc) is 2.49. The number of hydrogen-bond acceptors (Lipinski definition) is 2. The second-order valence-corrected chi connectivity index (χ2v) is 7.09. The molecular formula is C19H25NO. The van der Waals surface area contributed by atoms with Crippen LogP contribution < -0.4 is 0 Å². The zero-order valence-electron chi connectivity index (χ0n) is 13.0. The minimum Gasteiger partial charge on any atom is -0.387 e. The summed E-state index contributed by atoms with van der Waals surface area (Å²) in [6.45, 7) is 7.61. The Labute approximate surface area is 127 Å². The monoisotopic (exact) mass is 283 g/mol. The summed E-state index contributed by atoms with van der Waals surface area (Å²) >= 11 is 0. The van der Waals surface area contributed by atoms with E-state index in [1.807, 2.05) is 12.1 Å². The van der Waals surface area contributed by atoms with E-state index < -0.39 is 6.10 Å². The zero-order chi connectivity index (χ0) is 14.9. The van der Waals surface area contributed by atoms with Crippen LogP contribution in [0.5, 0.6) is 0 Å². The third-order valence-electron chi connectivity index (χ3n) is 4.80. The molecule has 3 rings (SSSR count). The van der Waals surface area contributed by atoms with Gasteiger partial charge in [0.15, 0.2) is 0 Å². The number of rotatable bonds is 3. The Morgan fingerprint density at radius 1 is 1.05 bits per heavy atom. The van der Waals surface area contributed by atoms with E-state index in [-0.39, 0.29) is 0 Å². The summed E-state index contributed by atoms with van der Waals surface area (Å²) in [7, 11) is 0. The lowest BCUT2D eigenvalue weighted by Crippen LogP contribution is -2.39. The van der Waals surface area contributed by atoms with Crippen molar-refractivity contribution in [3.05, 3.63) is 48.0 Å². The van der Waals surface area contributed by atoms with Gasteiger partial charge in [0.05, 0.1) is 6.10 Å². The Morgan fingerprint density at radius 3 is 2.43 bits per heavy atom. The van der Waals surface area contributed by atoms with Crippen LogP contribution in [0.25, 0.3) is 10.8 Å². The Hall–Kier alpha value is -1.38. The van der Waals surface area contributed by atoms with Gasteiger partial charge in [-0.15, -0.1) is 0 Å². The molecule has 0 aromatic heterocycles. The van der Waals surface area contributed by atoms with Crippen LogP contribution in [0.1, 0.15) is 38.4 Å². The number of hydrogen-bond donors (Lipinski definition) is 1. The molecular weight excluding hydrogens is 258 g/mol. The highest BCUT2D eigenvalue weighted by Crippen LogP contribution is 2.30. The number of benzene rings is 2. The third-order valence-corrected chi connectivity index (χ3v) is 4.80. The molecule has 112 valence electrons. The first-order valence-electron chi connectivity index (χ1n) is 7.93. The molecule has 0 aliphatic carbocycles. The van der Waals surface area contributed by atoms with Gasteiger partial charge in [-0.05, 0) is 53.7 Å². The van der Waals surface area contributed by atoms with E-state index in [1.54, 1.807) is 0 Å². The number of likely N-dealkylation sites (tertiary alicyclic amines) is 1. The lowest BCUT2D eigenvalue weighted by molar-refractivity contribution is 0.0704. The molecule has 1 atom stereocenters. The molecule has 0 amide bonds. The standard InChI is InChI=1S/C19H25NO/c1-19(2)9-11-20(12-10-19)14-18(21)17-8-7-15-5-3-4-6-16(15)13-17/h3-8,13,18,21H,9-12,14H2,1-2H3. The second-order valence-electron chi connectivity index (χ2n) is 7.09. The van der Waals surface area contributed by atoms with Crippen molar-refractivity contribution in [2.75, 3.05) is 19.6 Å². The van der Waals surface area contributed by atoms with Crippen LogP contribution in [0.3, 0.4) is 0 Å². The Balaban J connectivity index is 1.68. The average molecular weight is 283 g/mol. The predicted octanol–water partition coefficient (Wildman–Crippen LogP) is 4.00. The molecule has 0 saturated carbocycles. The number of fused-ring (bicyclic) bond motifs is 1. The van der Waals surface area contributed by atoms with E-state index >= 15 is 0 Å². The summed E-state index contributed by atoms with van der Waals surface area (Å²) < 4.78 is 0. The fourth-order valence-electron chi connectivity index (χ4n) is 3.11. The molecule has 0 spiro atoms. The molecule has 1 unspecified atom stereocenters. The van der Waals surface area contributed by atoms with E-state index in [2.05, 4.69) is 49.1 Å². The predicted molar refractivity (Wildman–Crippen MR) is 88.4 cm³/mol. The smallest absolute Gasteiger partial charge is 0.0917 e. The van der Waals surface area contributed by atoms with Gasteiger partial charge < -0.3 is 10.0 Å². The third kappa shape index (κ3) is 3.45. The van der Waals surface area contributed by atoms with Crippen molar-refractivity contribution in [2.24, 2.45) is 5.41 Å². The number of β-amino-alcohol motifs (C(OH)–C–C–N with tert-alkyl or cyclic N) is 1. The van der Waals surface area contributed by atoms with Gasteiger partial charge >= 0.3 is 0 Å². The number of aliphatic hydroxyl groups excluding tert-OH is 1. The van der Waals surface area contributed by atoms with Crippen molar-refractivity contribution in [1.29, 1.82) is 0 Å². The fourth-order valence-corrected chi connectivity index (χ4v) is 3.11. The van der Waals surface area contributed by atoms with Crippen LogP contribution in [0.15, 0.2) is 42.5 Å². The minimum atomic E-state index is -0.393. The van der Waals surface area contributed by atoms with Crippen LogP contribution in [-0.2, 0) is 0 Å². The lowest BCUT2D eigenvalue weighted by Gasteiger charge is -2.37. The Morgan fingerprint density at radius 2 is 1.71 bits per heavy atom. The maximum atomic E-state index is 10.5. The number of aliphatic hydroxyl groups is 1. The lowest BCUT2D eigenvalue weighted by atomic mass is 9.82. The van der Waals surface area contributed by atoms with Crippen molar-refractivity contribution < 1.29 is 5.11 Å². The maximum absolute atomic E-state index is 10.5. The minimum absolute atomic E-state index is 0.393. The van der Waals surface area contributed by atoms with E-state index in [0.717, 1.165) is 25.2 Å². The molecule has 1 saturated heterocycles. The van der Waals surface area contributed by atoms with E-state index in [1.165, 1.54) is 23.6 Å². The van der Waals surface area contributed by atoms with Crippen LogP contribution in [0.2, 0.25) is 0 Å². The molecule has 1 aliphatic rings. The summed E-state index contributed by atoms with van der Waals surface area (Å²) in [6.07, 6.45) is 2.05. The highest BCUT2D eigenvalue weighted by molar-refractivity contribution is 5.83. The van der Waals surface area contributed by atoms with Gasteiger partial charge in [-0.25, -0.2) is 0 Å². The summed E-state index contributed by atoms with van der Waals surface area (Å²) in [6, 6.07) is 14.6. The van der Waals surface area contributed by atoms with Crippen molar-refractivity contribution in [2.45, 2.75) is 32.8 Å². The number of nitrogens with zero attached hydrogens (tertiary/aromatic N) is 1. The van der Waals surface area contributed by atoms with Crippen LogP contribution in [0.4, 0.5) is 0 Å². The first kappa shape index (κ1) is 14.6. The summed E-state index contributed by atoms with van der Waals surface area (Å²) in [5, 5.41) is 13.0. The van der Waals surface area contributed by atoms with E-state index in [4.69, 9.17) is 0 Å². The van der Waals surface area contributed by atoms with Crippen molar-refractivity contribution in [1.82, 2.24) is 4.90 Å². The molecule has 2 aromatic rings. The van der Waals surface area contributed by atoms with Crippen molar-refractivity contribution in [3.63, 3.8) is 0 Å². The fraction of sp³-hybridized carbons (Fsp3) is 0.474. The molecule has 2 heteroatoms. The summed E-state index contributed by atoms with van der Waals surface area (Å²) in [5.41, 5.74) is 1.49. The van der Waals surface area contributed by atoms with Gasteiger partial charge in [0, 0.05) is 6.54 Å². The van der Waals surface area contributed by atoms with Crippen LogP contribution in [-0.4, -0.2) is 29.6 Å². The summed E-state index contributed by atoms with van der Waals surface area (Å²) in [5.74, 6) is 0. The first-order valence-corrected chi connectivity index (χ1v) is 7.93. The van der Waals surface area contributed by atoms with Gasteiger partial charge in [0.2, 0.25) is 0 Å². The van der Waals surface area contributed by atoms with Gasteiger partial charge in [0.1, 0.15) is 0 Å². The molecule has 1 N–H and O–H groups in total. The van der Waals surface area contributed by atoms with Gasteiger partial charge in [-0.1, -0.05) is 50.2 Å². The normalized spacial score (nSPS) is 20.5. The molecule has 0 bridgehead atoms. The summed E-state index contributed by atoms with van der Waals surface area (Å²) in [4.78, 5) is 2.39. The highest BCUT2D eigenvalue weighted by Gasteiger charge is 2.26. The van der Waals surface area contributed by atoms with Gasteiger partial charge in [-0.3, -0.25) is 0 Å². The SMILES string of the molecule is CC1(C)CCN(CC(O)c2ccc3ccccc3c2)CC1. The van der Waals surface area contributed by atoms with E-state index in [9.17, 15) is 5.11 Å². The Kier molecular flexibility index (Phi) is 4.01. The highest BCUT2D eigenvalue weighted by atomic mass is 16.3. The van der Waals surface area contributed by atoms with Crippen LogP contribution >= 0.6 is 0 Å². The van der Waals surface area contributed by atoms with Crippen molar-refractivity contribution >= 4 is 10.8 Å². The largest absolute Gasteiger partial charge is 0.387 e. The molecule has 1 fully saturated rings. The molecule has 21 heavy (non-hydrogen) atoms. The molecule has 1 aliphatic heterocycles. The topological polar surface area (TPSA) is 23.5 Å². The van der Waals surface area contributed by atoms with Gasteiger partial charge in [-0.2, -0.15) is 0 Å². The van der Waals surface area contributed by atoms with Crippen molar-refractivity contribution in [3.8, 4) is 0 Å². The quantitative estimate of drug-likeness (QED) is 0.920. The molecule has 0 radical (unpaired) electrons. The van der Waals surface area contributed by atoms with Crippen LogP contribution in [0, 0.1) is 5.41 Å². The van der Waals surface area contributed by atoms with E-state index in [0.29, 0.717) is 5.41 Å². The second kappa shape index (κ2) is 5.78.